The van der Waals surface area contributed by atoms with Crippen molar-refractivity contribution in [2.75, 3.05) is 12.3 Å². The first-order valence-corrected chi connectivity index (χ1v) is 3.73. The average molecular weight is 188 g/mol. The molecule has 0 aliphatic heterocycles. The van der Waals surface area contributed by atoms with Gasteiger partial charge in [0.05, 0.1) is 6.61 Å². The predicted molar refractivity (Wildman–Crippen MR) is 54.0 cm³/mol. The zero-order valence-corrected chi connectivity index (χ0v) is 8.15. The molecule has 1 rings (SSSR count). The van der Waals surface area contributed by atoms with Gasteiger partial charge < -0.3 is 10.5 Å². The van der Waals surface area contributed by atoms with Gasteiger partial charge in [-0.2, -0.15) is 0 Å². The van der Waals surface area contributed by atoms with E-state index in [0.717, 1.165) is 17.0 Å². The van der Waals surface area contributed by atoms with E-state index in [-0.39, 0.29) is 12.4 Å². The van der Waals surface area contributed by atoms with Crippen LogP contribution < -0.4 is 10.5 Å². The molecule has 2 nitrogen and oxygen atoms in total. The quantitative estimate of drug-likeness (QED) is 0.722. The van der Waals surface area contributed by atoms with Gasteiger partial charge in [0.15, 0.2) is 0 Å². The smallest absolute Gasteiger partial charge is 0.122 e. The summed E-state index contributed by atoms with van der Waals surface area (Å²) in [4.78, 5) is 0. The molecule has 0 bridgehead atoms. The van der Waals surface area contributed by atoms with Crippen molar-refractivity contribution >= 4 is 18.1 Å². The van der Waals surface area contributed by atoms with E-state index in [1.165, 1.54) is 0 Å². The molecule has 0 aromatic heterocycles. The Balaban J connectivity index is 0.00000121. The molecule has 12 heavy (non-hydrogen) atoms. The number of anilines is 1. The van der Waals surface area contributed by atoms with E-state index >= 15 is 0 Å². The summed E-state index contributed by atoms with van der Waals surface area (Å²) in [5, 5.41) is 0. The Hall–Kier alpha value is -0.890. The molecule has 1 aromatic rings. The molecule has 0 atom stereocenters. The highest BCUT2D eigenvalue weighted by Gasteiger charge is 1.96. The van der Waals surface area contributed by atoms with Gasteiger partial charge in [-0.15, -0.1) is 12.4 Å². The summed E-state index contributed by atoms with van der Waals surface area (Å²) in [6, 6.07) is 5.65. The summed E-state index contributed by atoms with van der Waals surface area (Å²) in [6.07, 6.45) is 0. The van der Waals surface area contributed by atoms with Crippen molar-refractivity contribution in [1.82, 2.24) is 0 Å². The molecule has 0 heterocycles. The maximum atomic E-state index is 5.57. The Bertz CT molecular complexity index is 250. The van der Waals surface area contributed by atoms with Crippen molar-refractivity contribution in [1.29, 1.82) is 0 Å². The maximum absolute atomic E-state index is 5.57. The highest BCUT2D eigenvalue weighted by molar-refractivity contribution is 5.85. The van der Waals surface area contributed by atoms with Gasteiger partial charge in [-0.1, -0.05) is 0 Å². The normalized spacial score (nSPS) is 8.83. The summed E-state index contributed by atoms with van der Waals surface area (Å²) in [5.41, 5.74) is 7.44. The third-order valence-electron chi connectivity index (χ3n) is 1.50. The molecule has 0 spiro atoms. The lowest BCUT2D eigenvalue weighted by molar-refractivity contribution is 0.338. The Kier molecular flexibility index (Phi) is 4.52. The molecule has 0 saturated heterocycles. The second-order valence-electron chi connectivity index (χ2n) is 2.46. The van der Waals surface area contributed by atoms with E-state index in [1.807, 2.05) is 32.0 Å². The van der Waals surface area contributed by atoms with Crippen molar-refractivity contribution in [2.45, 2.75) is 13.8 Å². The first-order chi connectivity index (χ1) is 5.24. The predicted octanol–water partition coefficient (Wildman–Crippen LogP) is 2.40. The van der Waals surface area contributed by atoms with E-state index in [1.54, 1.807) is 0 Å². The fourth-order valence-electron chi connectivity index (χ4n) is 0.990. The van der Waals surface area contributed by atoms with Crippen LogP contribution in [0.1, 0.15) is 12.5 Å². The maximum Gasteiger partial charge on any atom is 0.122 e. The van der Waals surface area contributed by atoms with Crippen LogP contribution in [0.25, 0.3) is 0 Å². The largest absolute Gasteiger partial charge is 0.494 e. The molecule has 1 aromatic carbocycles. The SMILES string of the molecule is CCOc1ccc(N)cc1C.Cl. The van der Waals surface area contributed by atoms with Gasteiger partial charge in [0.25, 0.3) is 0 Å². The lowest BCUT2D eigenvalue weighted by atomic mass is 10.2. The van der Waals surface area contributed by atoms with E-state index in [4.69, 9.17) is 10.5 Å². The second-order valence-corrected chi connectivity index (χ2v) is 2.46. The van der Waals surface area contributed by atoms with E-state index < -0.39 is 0 Å². The standard InChI is InChI=1S/C9H13NO.ClH/c1-3-11-9-5-4-8(10)6-7(9)2;/h4-6H,3,10H2,1-2H3;1H. The van der Waals surface area contributed by atoms with Crippen LogP contribution in [0.3, 0.4) is 0 Å². The topological polar surface area (TPSA) is 35.2 Å². The van der Waals surface area contributed by atoms with Crippen molar-refractivity contribution in [2.24, 2.45) is 0 Å². The zero-order valence-electron chi connectivity index (χ0n) is 7.33. The first-order valence-electron chi connectivity index (χ1n) is 3.73. The summed E-state index contributed by atoms with van der Waals surface area (Å²) < 4.78 is 5.34. The van der Waals surface area contributed by atoms with Crippen molar-refractivity contribution in [3.05, 3.63) is 23.8 Å². The Morgan fingerprint density at radius 3 is 2.58 bits per heavy atom. The van der Waals surface area contributed by atoms with Crippen molar-refractivity contribution in [3.63, 3.8) is 0 Å². The number of hydrogen-bond donors (Lipinski definition) is 1. The number of rotatable bonds is 2. The van der Waals surface area contributed by atoms with Crippen molar-refractivity contribution in [3.8, 4) is 5.75 Å². The molecule has 0 fully saturated rings. The van der Waals surface area contributed by atoms with Gasteiger partial charge in [0.1, 0.15) is 5.75 Å². The minimum atomic E-state index is 0. The fraction of sp³-hybridized carbons (Fsp3) is 0.333. The van der Waals surface area contributed by atoms with Gasteiger partial charge in [-0.25, -0.2) is 0 Å². The monoisotopic (exact) mass is 187 g/mol. The molecule has 0 unspecified atom stereocenters. The summed E-state index contributed by atoms with van der Waals surface area (Å²) in [7, 11) is 0. The summed E-state index contributed by atoms with van der Waals surface area (Å²) in [5.74, 6) is 0.918. The molecule has 0 amide bonds. The highest BCUT2D eigenvalue weighted by Crippen LogP contribution is 2.19. The summed E-state index contributed by atoms with van der Waals surface area (Å²) in [6.45, 7) is 4.65. The molecule has 0 radical (unpaired) electrons. The molecule has 2 N–H and O–H groups in total. The number of nitrogens with two attached hydrogens (primary N) is 1. The molecule has 0 aliphatic rings. The highest BCUT2D eigenvalue weighted by atomic mass is 35.5. The minimum Gasteiger partial charge on any atom is -0.494 e. The molecule has 0 saturated carbocycles. The Labute approximate surface area is 79.1 Å². The minimum absolute atomic E-state index is 0. The van der Waals surface area contributed by atoms with Gasteiger partial charge in [0, 0.05) is 5.69 Å². The average Bonchev–Trinajstić information content (AvgIpc) is 1.95. The molecular weight excluding hydrogens is 174 g/mol. The van der Waals surface area contributed by atoms with Gasteiger partial charge in [-0.05, 0) is 37.6 Å². The molecule has 0 aliphatic carbocycles. The number of aryl methyl sites for hydroxylation is 1. The van der Waals surface area contributed by atoms with E-state index in [2.05, 4.69) is 0 Å². The van der Waals surface area contributed by atoms with Crippen LogP contribution in [0.5, 0.6) is 5.75 Å². The van der Waals surface area contributed by atoms with Crippen LogP contribution >= 0.6 is 12.4 Å². The van der Waals surface area contributed by atoms with Gasteiger partial charge in [-0.3, -0.25) is 0 Å². The van der Waals surface area contributed by atoms with E-state index in [0.29, 0.717) is 6.61 Å². The van der Waals surface area contributed by atoms with Crippen LogP contribution in [0, 0.1) is 6.92 Å². The third kappa shape index (κ3) is 2.62. The lowest BCUT2D eigenvalue weighted by Gasteiger charge is -2.06. The van der Waals surface area contributed by atoms with Crippen LogP contribution in [0.2, 0.25) is 0 Å². The second kappa shape index (κ2) is 4.88. The number of hydrogen-bond acceptors (Lipinski definition) is 2. The molecule has 3 heteroatoms. The van der Waals surface area contributed by atoms with Crippen LogP contribution in [-0.4, -0.2) is 6.61 Å². The van der Waals surface area contributed by atoms with Gasteiger partial charge in [0.2, 0.25) is 0 Å². The lowest BCUT2D eigenvalue weighted by Crippen LogP contribution is -1.94. The molecular formula is C9H14ClNO. The van der Waals surface area contributed by atoms with E-state index in [9.17, 15) is 0 Å². The number of ether oxygens (including phenoxy) is 1. The van der Waals surface area contributed by atoms with Crippen LogP contribution in [0.4, 0.5) is 5.69 Å². The summed E-state index contributed by atoms with van der Waals surface area (Å²) >= 11 is 0. The fourth-order valence-corrected chi connectivity index (χ4v) is 0.990. The van der Waals surface area contributed by atoms with Crippen LogP contribution in [-0.2, 0) is 0 Å². The zero-order chi connectivity index (χ0) is 8.27. The number of nitrogen functional groups attached to an aromatic ring is 1. The third-order valence-corrected chi connectivity index (χ3v) is 1.50. The van der Waals surface area contributed by atoms with Crippen molar-refractivity contribution < 1.29 is 4.74 Å². The molecule has 68 valence electrons. The Morgan fingerprint density at radius 1 is 1.42 bits per heavy atom. The Morgan fingerprint density at radius 2 is 2.08 bits per heavy atom. The number of benzene rings is 1. The van der Waals surface area contributed by atoms with Gasteiger partial charge >= 0.3 is 0 Å². The number of halogens is 1. The first kappa shape index (κ1) is 11.1. The van der Waals surface area contributed by atoms with Crippen LogP contribution in [0.15, 0.2) is 18.2 Å².